The van der Waals surface area contributed by atoms with E-state index in [1.807, 2.05) is 13.8 Å². The second-order valence-electron chi connectivity index (χ2n) is 6.03. The SMILES string of the molecule is CCN(Cc1noc(C2CC2)n1)Cc1[nH]cc(C)c(=O)c1C. The molecule has 0 atom stereocenters. The first-order valence-electron chi connectivity index (χ1n) is 7.81. The maximum absolute atomic E-state index is 12.0. The Bertz CT molecular complexity index is 715. The van der Waals surface area contributed by atoms with Crippen LogP contribution in [0.1, 0.15) is 54.2 Å². The third-order valence-corrected chi connectivity index (χ3v) is 4.22. The van der Waals surface area contributed by atoms with Gasteiger partial charge in [0.15, 0.2) is 11.3 Å². The van der Waals surface area contributed by atoms with E-state index >= 15 is 0 Å². The van der Waals surface area contributed by atoms with Crippen molar-refractivity contribution in [3.63, 3.8) is 0 Å². The molecule has 2 aromatic rings. The summed E-state index contributed by atoms with van der Waals surface area (Å²) in [6.45, 7) is 7.93. The number of H-pyrrole nitrogens is 1. The molecule has 1 saturated carbocycles. The standard InChI is InChI=1S/C16H22N4O2/c1-4-20(8-13-11(3)15(21)10(2)7-17-13)9-14-18-16(22-19-14)12-5-6-12/h7,12H,4-6,8-9H2,1-3H3,(H,17,21). The van der Waals surface area contributed by atoms with Crippen LogP contribution in [0.15, 0.2) is 15.5 Å². The highest BCUT2D eigenvalue weighted by atomic mass is 16.5. The van der Waals surface area contributed by atoms with Crippen LogP contribution in [0.25, 0.3) is 0 Å². The lowest BCUT2D eigenvalue weighted by molar-refractivity contribution is 0.255. The maximum Gasteiger partial charge on any atom is 0.229 e. The lowest BCUT2D eigenvalue weighted by atomic mass is 10.1. The zero-order chi connectivity index (χ0) is 15.7. The predicted molar refractivity (Wildman–Crippen MR) is 82.6 cm³/mol. The van der Waals surface area contributed by atoms with Gasteiger partial charge in [0.2, 0.25) is 5.89 Å². The highest BCUT2D eigenvalue weighted by Crippen LogP contribution is 2.38. The average molecular weight is 302 g/mol. The van der Waals surface area contributed by atoms with E-state index in [1.165, 1.54) is 0 Å². The number of rotatable bonds is 6. The van der Waals surface area contributed by atoms with Crippen LogP contribution in [0, 0.1) is 13.8 Å². The molecule has 6 nitrogen and oxygen atoms in total. The van der Waals surface area contributed by atoms with Crippen LogP contribution < -0.4 is 5.43 Å². The van der Waals surface area contributed by atoms with E-state index in [0.717, 1.165) is 47.9 Å². The number of pyridine rings is 1. The van der Waals surface area contributed by atoms with Crippen LogP contribution in [0.5, 0.6) is 0 Å². The van der Waals surface area contributed by atoms with E-state index in [0.29, 0.717) is 19.0 Å². The van der Waals surface area contributed by atoms with E-state index in [4.69, 9.17) is 4.52 Å². The van der Waals surface area contributed by atoms with E-state index in [-0.39, 0.29) is 5.43 Å². The van der Waals surface area contributed by atoms with Gasteiger partial charge >= 0.3 is 0 Å². The third-order valence-electron chi connectivity index (χ3n) is 4.22. The quantitative estimate of drug-likeness (QED) is 0.886. The van der Waals surface area contributed by atoms with Crippen molar-refractivity contribution in [2.45, 2.75) is 52.6 Å². The first-order chi connectivity index (χ1) is 10.6. The van der Waals surface area contributed by atoms with E-state index in [2.05, 4.69) is 26.9 Å². The molecule has 6 heteroatoms. The van der Waals surface area contributed by atoms with Gasteiger partial charge in [-0.15, -0.1) is 0 Å². The monoisotopic (exact) mass is 302 g/mol. The predicted octanol–water partition coefficient (Wildman–Crippen LogP) is 2.27. The number of nitrogens with one attached hydrogen (secondary N) is 1. The summed E-state index contributed by atoms with van der Waals surface area (Å²) in [6.07, 6.45) is 4.09. The number of nitrogens with zero attached hydrogens (tertiary/aromatic N) is 3. The Morgan fingerprint density at radius 3 is 2.82 bits per heavy atom. The molecule has 3 rings (SSSR count). The summed E-state index contributed by atoms with van der Waals surface area (Å²) < 4.78 is 5.30. The zero-order valence-electron chi connectivity index (χ0n) is 13.3. The molecule has 0 radical (unpaired) electrons. The summed E-state index contributed by atoms with van der Waals surface area (Å²) in [5.74, 6) is 1.97. The number of hydrogen-bond acceptors (Lipinski definition) is 5. The Kier molecular flexibility index (Phi) is 4.11. The highest BCUT2D eigenvalue weighted by molar-refractivity contribution is 5.23. The molecule has 1 N–H and O–H groups in total. The molecule has 0 aliphatic heterocycles. The largest absolute Gasteiger partial charge is 0.363 e. The molecule has 0 spiro atoms. The molecular weight excluding hydrogens is 280 g/mol. The van der Waals surface area contributed by atoms with Crippen LogP contribution in [0.4, 0.5) is 0 Å². The Labute approximate surface area is 129 Å². The van der Waals surface area contributed by atoms with Crippen molar-refractivity contribution in [3.8, 4) is 0 Å². The fourth-order valence-electron chi connectivity index (χ4n) is 2.50. The summed E-state index contributed by atoms with van der Waals surface area (Å²) in [5, 5.41) is 4.06. The molecule has 0 amide bonds. The van der Waals surface area contributed by atoms with Crippen LogP contribution >= 0.6 is 0 Å². The van der Waals surface area contributed by atoms with Crippen molar-refractivity contribution in [2.75, 3.05) is 6.54 Å². The Balaban J connectivity index is 1.71. The van der Waals surface area contributed by atoms with Gasteiger partial charge in [-0.25, -0.2) is 0 Å². The van der Waals surface area contributed by atoms with Crippen molar-refractivity contribution in [3.05, 3.63) is 45.0 Å². The van der Waals surface area contributed by atoms with Gasteiger partial charge in [0.25, 0.3) is 0 Å². The number of hydrogen-bond donors (Lipinski definition) is 1. The number of aromatic nitrogens is 3. The van der Waals surface area contributed by atoms with Crippen LogP contribution in [-0.2, 0) is 13.1 Å². The summed E-state index contributed by atoms with van der Waals surface area (Å²) in [7, 11) is 0. The summed E-state index contributed by atoms with van der Waals surface area (Å²) in [6, 6.07) is 0. The van der Waals surface area contributed by atoms with Crippen molar-refractivity contribution in [1.82, 2.24) is 20.0 Å². The normalized spacial score (nSPS) is 14.7. The topological polar surface area (TPSA) is 75.0 Å². The molecule has 1 fully saturated rings. The van der Waals surface area contributed by atoms with Crippen molar-refractivity contribution < 1.29 is 4.52 Å². The minimum absolute atomic E-state index is 0.111. The Morgan fingerprint density at radius 2 is 2.14 bits per heavy atom. The van der Waals surface area contributed by atoms with Gasteiger partial charge in [0.05, 0.1) is 6.54 Å². The van der Waals surface area contributed by atoms with Gasteiger partial charge in [0, 0.05) is 35.5 Å². The molecule has 0 bridgehead atoms. The summed E-state index contributed by atoms with van der Waals surface area (Å²) >= 11 is 0. The molecule has 1 aliphatic rings. The second kappa shape index (κ2) is 6.04. The average Bonchev–Trinajstić information content (AvgIpc) is 3.27. The highest BCUT2D eigenvalue weighted by Gasteiger charge is 2.29. The Morgan fingerprint density at radius 1 is 1.36 bits per heavy atom. The Hall–Kier alpha value is -1.95. The fraction of sp³-hybridized carbons (Fsp3) is 0.562. The summed E-state index contributed by atoms with van der Waals surface area (Å²) in [4.78, 5) is 21.9. The smallest absolute Gasteiger partial charge is 0.229 e. The molecule has 0 saturated heterocycles. The van der Waals surface area contributed by atoms with E-state index < -0.39 is 0 Å². The maximum atomic E-state index is 12.0. The van der Waals surface area contributed by atoms with E-state index in [1.54, 1.807) is 6.20 Å². The molecule has 1 aliphatic carbocycles. The first-order valence-corrected chi connectivity index (χ1v) is 7.81. The van der Waals surface area contributed by atoms with Gasteiger partial charge in [-0.2, -0.15) is 4.98 Å². The van der Waals surface area contributed by atoms with Gasteiger partial charge in [-0.05, 0) is 33.2 Å². The molecule has 2 heterocycles. The van der Waals surface area contributed by atoms with Crippen LogP contribution in [0.2, 0.25) is 0 Å². The minimum atomic E-state index is 0.111. The number of aryl methyl sites for hydroxylation is 1. The molecule has 0 unspecified atom stereocenters. The lowest BCUT2D eigenvalue weighted by Gasteiger charge is -2.19. The van der Waals surface area contributed by atoms with Crippen molar-refractivity contribution in [2.24, 2.45) is 0 Å². The lowest BCUT2D eigenvalue weighted by Crippen LogP contribution is -2.26. The first kappa shape index (κ1) is 15.0. The molecule has 2 aromatic heterocycles. The van der Waals surface area contributed by atoms with E-state index in [9.17, 15) is 4.79 Å². The van der Waals surface area contributed by atoms with Crippen molar-refractivity contribution >= 4 is 0 Å². The van der Waals surface area contributed by atoms with Crippen molar-refractivity contribution in [1.29, 1.82) is 0 Å². The molecule has 22 heavy (non-hydrogen) atoms. The molecule has 0 aromatic carbocycles. The zero-order valence-corrected chi connectivity index (χ0v) is 13.3. The van der Waals surface area contributed by atoms with Gasteiger partial charge in [-0.1, -0.05) is 12.1 Å². The van der Waals surface area contributed by atoms with Gasteiger partial charge in [-0.3, -0.25) is 9.69 Å². The minimum Gasteiger partial charge on any atom is -0.363 e. The third kappa shape index (κ3) is 3.11. The van der Waals surface area contributed by atoms with Gasteiger partial charge in [0.1, 0.15) is 0 Å². The molecule has 118 valence electrons. The number of aromatic amines is 1. The van der Waals surface area contributed by atoms with Gasteiger partial charge < -0.3 is 9.51 Å². The van der Waals surface area contributed by atoms with Crippen LogP contribution in [0.3, 0.4) is 0 Å². The summed E-state index contributed by atoms with van der Waals surface area (Å²) in [5.41, 5.74) is 2.59. The fourth-order valence-corrected chi connectivity index (χ4v) is 2.50. The van der Waals surface area contributed by atoms with Crippen LogP contribution in [-0.4, -0.2) is 26.6 Å². The molecular formula is C16H22N4O2. The second-order valence-corrected chi connectivity index (χ2v) is 6.03.